The number of benzene rings is 2. The molecule has 0 aliphatic heterocycles. The van der Waals surface area contributed by atoms with Crippen LogP contribution in [0.4, 0.5) is 0 Å². The number of rotatable bonds is 5. The molecule has 0 radical (unpaired) electrons. The SMILES string of the molecule is COC(=O)[C@@H](N)Cc1cccc(S(=O)(=O)c2ccccc2)c1.Cl. The lowest BCUT2D eigenvalue weighted by atomic mass is 10.1. The van der Waals surface area contributed by atoms with E-state index in [4.69, 9.17) is 5.73 Å². The molecule has 0 amide bonds. The van der Waals surface area contributed by atoms with Crippen LogP contribution >= 0.6 is 12.4 Å². The minimum absolute atomic E-state index is 0. The Hall–Kier alpha value is -1.89. The van der Waals surface area contributed by atoms with E-state index in [1.54, 1.807) is 42.5 Å². The van der Waals surface area contributed by atoms with Gasteiger partial charge in [-0.1, -0.05) is 30.3 Å². The minimum atomic E-state index is -3.58. The predicted octanol–water partition coefficient (Wildman–Crippen LogP) is 1.98. The van der Waals surface area contributed by atoms with Crippen molar-refractivity contribution in [2.75, 3.05) is 7.11 Å². The summed E-state index contributed by atoms with van der Waals surface area (Å²) in [6.45, 7) is 0. The highest BCUT2D eigenvalue weighted by molar-refractivity contribution is 7.91. The molecule has 7 heteroatoms. The average molecular weight is 356 g/mol. The van der Waals surface area contributed by atoms with Gasteiger partial charge in [0, 0.05) is 0 Å². The van der Waals surface area contributed by atoms with E-state index in [-0.39, 0.29) is 28.6 Å². The Kier molecular flexibility index (Phi) is 6.75. The van der Waals surface area contributed by atoms with Crippen LogP contribution in [0.3, 0.4) is 0 Å². The number of carbonyl (C=O) groups excluding carboxylic acids is 1. The zero-order valence-electron chi connectivity index (χ0n) is 12.5. The summed E-state index contributed by atoms with van der Waals surface area (Å²) in [4.78, 5) is 11.8. The first kappa shape index (κ1) is 19.2. The topological polar surface area (TPSA) is 86.5 Å². The Morgan fingerprint density at radius 3 is 2.30 bits per heavy atom. The summed E-state index contributed by atoms with van der Waals surface area (Å²) >= 11 is 0. The molecule has 2 rings (SSSR count). The Balaban J connectivity index is 0.00000264. The maximum Gasteiger partial charge on any atom is 0.322 e. The molecule has 0 bridgehead atoms. The third-order valence-electron chi connectivity index (χ3n) is 3.22. The van der Waals surface area contributed by atoms with Crippen molar-refractivity contribution < 1.29 is 17.9 Å². The number of nitrogens with two attached hydrogens (primary N) is 1. The van der Waals surface area contributed by atoms with Crippen molar-refractivity contribution in [3.05, 3.63) is 60.2 Å². The molecule has 124 valence electrons. The molecule has 0 unspecified atom stereocenters. The maximum atomic E-state index is 12.5. The van der Waals surface area contributed by atoms with Gasteiger partial charge in [-0.05, 0) is 36.2 Å². The number of hydrogen-bond donors (Lipinski definition) is 1. The maximum absolute atomic E-state index is 12.5. The normalized spacial score (nSPS) is 12.1. The van der Waals surface area contributed by atoms with Gasteiger partial charge in [-0.25, -0.2) is 8.42 Å². The van der Waals surface area contributed by atoms with Gasteiger partial charge in [0.15, 0.2) is 0 Å². The van der Waals surface area contributed by atoms with Crippen LogP contribution in [-0.4, -0.2) is 27.5 Å². The van der Waals surface area contributed by atoms with Gasteiger partial charge >= 0.3 is 5.97 Å². The van der Waals surface area contributed by atoms with Gasteiger partial charge in [0.1, 0.15) is 6.04 Å². The smallest absolute Gasteiger partial charge is 0.322 e. The summed E-state index contributed by atoms with van der Waals surface area (Å²) < 4.78 is 29.6. The van der Waals surface area contributed by atoms with Crippen molar-refractivity contribution >= 4 is 28.2 Å². The molecule has 0 aromatic heterocycles. The molecule has 2 aromatic carbocycles. The molecule has 2 N–H and O–H groups in total. The Bertz CT molecular complexity index is 763. The van der Waals surface area contributed by atoms with Crippen molar-refractivity contribution in [2.24, 2.45) is 5.73 Å². The number of hydrogen-bond acceptors (Lipinski definition) is 5. The molecule has 0 saturated carbocycles. The van der Waals surface area contributed by atoms with E-state index in [0.717, 1.165) is 0 Å². The molecule has 5 nitrogen and oxygen atoms in total. The third kappa shape index (κ3) is 4.54. The van der Waals surface area contributed by atoms with Crippen LogP contribution in [0, 0.1) is 0 Å². The minimum Gasteiger partial charge on any atom is -0.468 e. The summed E-state index contributed by atoms with van der Waals surface area (Å²) in [5.41, 5.74) is 6.37. The molecule has 23 heavy (non-hydrogen) atoms. The second-order valence-electron chi connectivity index (χ2n) is 4.80. The second-order valence-corrected chi connectivity index (χ2v) is 6.75. The lowest BCUT2D eigenvalue weighted by Crippen LogP contribution is -2.33. The molecular weight excluding hydrogens is 338 g/mol. The van der Waals surface area contributed by atoms with Crippen molar-refractivity contribution in [1.82, 2.24) is 0 Å². The predicted molar refractivity (Wildman–Crippen MR) is 89.3 cm³/mol. The van der Waals surface area contributed by atoms with Crippen LogP contribution in [0.1, 0.15) is 5.56 Å². The molecule has 0 saturated heterocycles. The van der Waals surface area contributed by atoms with E-state index in [2.05, 4.69) is 4.74 Å². The van der Waals surface area contributed by atoms with E-state index >= 15 is 0 Å². The number of esters is 1. The largest absolute Gasteiger partial charge is 0.468 e. The number of methoxy groups -OCH3 is 1. The highest BCUT2D eigenvalue weighted by Crippen LogP contribution is 2.21. The van der Waals surface area contributed by atoms with Crippen LogP contribution in [-0.2, 0) is 25.8 Å². The van der Waals surface area contributed by atoms with E-state index in [0.29, 0.717) is 5.56 Å². The quantitative estimate of drug-likeness (QED) is 0.829. The fourth-order valence-corrected chi connectivity index (χ4v) is 3.42. The molecule has 0 aliphatic rings. The zero-order valence-corrected chi connectivity index (χ0v) is 14.1. The monoisotopic (exact) mass is 355 g/mol. The molecule has 1 atom stereocenters. The number of sulfone groups is 1. The molecule has 0 spiro atoms. The van der Waals surface area contributed by atoms with E-state index in [9.17, 15) is 13.2 Å². The molecule has 0 heterocycles. The molecule has 2 aromatic rings. The van der Waals surface area contributed by atoms with E-state index in [1.807, 2.05) is 0 Å². The summed E-state index contributed by atoms with van der Waals surface area (Å²) in [6.07, 6.45) is 0.213. The lowest BCUT2D eigenvalue weighted by molar-refractivity contribution is -0.142. The number of carbonyl (C=O) groups is 1. The first-order valence-electron chi connectivity index (χ1n) is 6.67. The summed E-state index contributed by atoms with van der Waals surface area (Å²) in [6, 6.07) is 13.8. The Morgan fingerprint density at radius 1 is 1.09 bits per heavy atom. The third-order valence-corrected chi connectivity index (χ3v) is 4.99. The van der Waals surface area contributed by atoms with Gasteiger partial charge in [-0.15, -0.1) is 12.4 Å². The van der Waals surface area contributed by atoms with Gasteiger partial charge in [0.2, 0.25) is 9.84 Å². The highest BCUT2D eigenvalue weighted by Gasteiger charge is 2.19. The molecular formula is C16H18ClNO4S. The Morgan fingerprint density at radius 2 is 1.70 bits per heavy atom. The average Bonchev–Trinajstić information content (AvgIpc) is 2.55. The Labute approximate surface area is 141 Å². The van der Waals surface area contributed by atoms with Crippen molar-refractivity contribution in [3.8, 4) is 0 Å². The first-order chi connectivity index (χ1) is 10.4. The first-order valence-corrected chi connectivity index (χ1v) is 8.16. The zero-order chi connectivity index (χ0) is 16.2. The number of ether oxygens (including phenoxy) is 1. The summed E-state index contributed by atoms with van der Waals surface area (Å²) in [7, 11) is -2.32. The summed E-state index contributed by atoms with van der Waals surface area (Å²) in [5.74, 6) is -0.531. The van der Waals surface area contributed by atoms with Gasteiger partial charge in [-0.3, -0.25) is 4.79 Å². The fourth-order valence-electron chi connectivity index (χ4n) is 2.06. The van der Waals surface area contributed by atoms with Crippen LogP contribution in [0.15, 0.2) is 64.4 Å². The van der Waals surface area contributed by atoms with Crippen molar-refractivity contribution in [1.29, 1.82) is 0 Å². The van der Waals surface area contributed by atoms with E-state index < -0.39 is 21.8 Å². The van der Waals surface area contributed by atoms with E-state index in [1.165, 1.54) is 19.2 Å². The highest BCUT2D eigenvalue weighted by atomic mass is 35.5. The van der Waals surface area contributed by atoms with Gasteiger partial charge in [0.25, 0.3) is 0 Å². The fraction of sp³-hybridized carbons (Fsp3) is 0.188. The van der Waals surface area contributed by atoms with Crippen molar-refractivity contribution in [3.63, 3.8) is 0 Å². The van der Waals surface area contributed by atoms with Crippen LogP contribution < -0.4 is 5.73 Å². The van der Waals surface area contributed by atoms with Gasteiger partial charge < -0.3 is 10.5 Å². The van der Waals surface area contributed by atoms with Crippen LogP contribution in [0.25, 0.3) is 0 Å². The van der Waals surface area contributed by atoms with Crippen LogP contribution in [0.2, 0.25) is 0 Å². The van der Waals surface area contributed by atoms with Crippen molar-refractivity contribution in [2.45, 2.75) is 22.3 Å². The lowest BCUT2D eigenvalue weighted by Gasteiger charge is -2.11. The van der Waals surface area contributed by atoms with Gasteiger partial charge in [-0.2, -0.15) is 0 Å². The second kappa shape index (κ2) is 8.10. The summed E-state index contributed by atoms with van der Waals surface area (Å²) in [5, 5.41) is 0. The standard InChI is InChI=1S/C16H17NO4S.ClH/c1-21-16(18)15(17)11-12-6-5-9-14(10-12)22(19,20)13-7-3-2-4-8-13;/h2-10,15H,11,17H2,1H3;1H/t15-;/m0./s1. The van der Waals surface area contributed by atoms with Gasteiger partial charge in [0.05, 0.1) is 16.9 Å². The molecule has 0 aliphatic carbocycles. The molecule has 0 fully saturated rings. The van der Waals surface area contributed by atoms with Crippen LogP contribution in [0.5, 0.6) is 0 Å². The number of halogens is 1.